The second-order valence-corrected chi connectivity index (χ2v) is 5.19. The summed E-state index contributed by atoms with van der Waals surface area (Å²) in [5, 5.41) is 10.3. The van der Waals surface area contributed by atoms with Gasteiger partial charge in [-0.05, 0) is 12.5 Å². The zero-order chi connectivity index (χ0) is 12.5. The van der Waals surface area contributed by atoms with Crippen LogP contribution in [-0.2, 0) is 0 Å². The van der Waals surface area contributed by atoms with Crippen LogP contribution in [0.4, 0.5) is 0 Å². The number of allylic oxidation sites excluding steroid dienone is 2. The predicted molar refractivity (Wildman–Crippen MR) is 73.1 cm³/mol. The van der Waals surface area contributed by atoms with Crippen LogP contribution < -0.4 is 0 Å². The third kappa shape index (κ3) is 2.14. The van der Waals surface area contributed by atoms with Crippen LogP contribution in [0.1, 0.15) is 18.5 Å². The first-order valence-electron chi connectivity index (χ1n) is 6.61. The van der Waals surface area contributed by atoms with Gasteiger partial charge >= 0.3 is 0 Å². The van der Waals surface area contributed by atoms with Crippen molar-refractivity contribution in [2.75, 3.05) is 6.54 Å². The van der Waals surface area contributed by atoms with Crippen LogP contribution in [0, 0.1) is 5.92 Å². The van der Waals surface area contributed by atoms with Gasteiger partial charge in [-0.25, -0.2) is 0 Å². The Bertz CT molecular complexity index is 453. The van der Waals surface area contributed by atoms with Crippen LogP contribution >= 0.6 is 0 Å². The fraction of sp³-hybridized carbons (Fsp3) is 0.375. The Balaban J connectivity index is 1.63. The van der Waals surface area contributed by atoms with Gasteiger partial charge in [0, 0.05) is 24.5 Å². The Morgan fingerprint density at radius 2 is 1.83 bits per heavy atom. The summed E-state index contributed by atoms with van der Waals surface area (Å²) in [6, 6.07) is 11.2. The van der Waals surface area contributed by atoms with Crippen molar-refractivity contribution in [1.29, 1.82) is 0 Å². The van der Waals surface area contributed by atoms with Crippen LogP contribution in [0.2, 0.25) is 0 Å². The first-order valence-corrected chi connectivity index (χ1v) is 6.61. The van der Waals surface area contributed by atoms with Crippen molar-refractivity contribution in [2.45, 2.75) is 25.1 Å². The molecule has 0 aromatic heterocycles. The zero-order valence-corrected chi connectivity index (χ0v) is 10.6. The van der Waals surface area contributed by atoms with Gasteiger partial charge in [0.15, 0.2) is 0 Å². The molecule has 1 fully saturated rings. The number of hydrogen-bond acceptors (Lipinski definition) is 2. The van der Waals surface area contributed by atoms with E-state index in [-0.39, 0.29) is 12.0 Å². The Kier molecular flexibility index (Phi) is 3.06. The smallest absolute Gasteiger partial charge is 0.0805 e. The van der Waals surface area contributed by atoms with Crippen LogP contribution in [0.15, 0.2) is 54.6 Å². The van der Waals surface area contributed by atoms with Gasteiger partial charge in [0.2, 0.25) is 0 Å². The first-order chi connectivity index (χ1) is 8.77. The molecule has 0 bridgehead atoms. The molecular formula is C16H19NO. The Hall–Kier alpha value is -1.38. The number of benzene rings is 1. The van der Waals surface area contributed by atoms with Gasteiger partial charge in [-0.3, -0.25) is 4.90 Å². The highest BCUT2D eigenvalue weighted by Gasteiger charge is 2.44. The summed E-state index contributed by atoms with van der Waals surface area (Å²) in [4.78, 5) is 2.36. The molecule has 1 aromatic rings. The maximum Gasteiger partial charge on any atom is 0.0805 e. The van der Waals surface area contributed by atoms with Crippen molar-refractivity contribution in [3.63, 3.8) is 0 Å². The molecule has 0 amide bonds. The second-order valence-electron chi connectivity index (χ2n) is 5.19. The topological polar surface area (TPSA) is 23.2 Å². The highest BCUT2D eigenvalue weighted by atomic mass is 16.3. The molecular weight excluding hydrogens is 222 g/mol. The van der Waals surface area contributed by atoms with Crippen molar-refractivity contribution < 1.29 is 5.11 Å². The van der Waals surface area contributed by atoms with E-state index in [0.717, 1.165) is 6.54 Å². The molecule has 18 heavy (non-hydrogen) atoms. The van der Waals surface area contributed by atoms with Crippen molar-refractivity contribution in [3.05, 3.63) is 60.2 Å². The molecule has 1 N–H and O–H groups in total. The molecule has 1 saturated heterocycles. The maximum absolute atomic E-state index is 10.3. The minimum Gasteiger partial charge on any atom is -0.390 e. The van der Waals surface area contributed by atoms with E-state index in [4.69, 9.17) is 0 Å². The van der Waals surface area contributed by atoms with Crippen LogP contribution in [0.25, 0.3) is 0 Å². The van der Waals surface area contributed by atoms with Gasteiger partial charge in [-0.2, -0.15) is 0 Å². The molecule has 2 heteroatoms. The van der Waals surface area contributed by atoms with Crippen molar-refractivity contribution in [3.8, 4) is 0 Å². The fourth-order valence-electron chi connectivity index (χ4n) is 2.77. The molecule has 2 nitrogen and oxygen atoms in total. The van der Waals surface area contributed by atoms with Gasteiger partial charge in [0.05, 0.1) is 6.10 Å². The standard InChI is InChI=1S/C16H19NO/c1-12(13-7-3-2-4-8-13)17-11-15(17)16(18)14-9-5-6-10-14/h2-10,12,14-16,18H,11H2,1H3. The van der Waals surface area contributed by atoms with Crippen LogP contribution in [0.5, 0.6) is 0 Å². The second kappa shape index (κ2) is 4.71. The van der Waals surface area contributed by atoms with E-state index >= 15 is 0 Å². The van der Waals surface area contributed by atoms with E-state index in [1.165, 1.54) is 5.56 Å². The summed E-state index contributed by atoms with van der Waals surface area (Å²) in [5.41, 5.74) is 1.32. The molecule has 4 unspecified atom stereocenters. The highest BCUT2D eigenvalue weighted by Crippen LogP contribution is 2.36. The number of hydrogen-bond donors (Lipinski definition) is 1. The summed E-state index contributed by atoms with van der Waals surface area (Å²) in [7, 11) is 0. The molecule has 0 radical (unpaired) electrons. The lowest BCUT2D eigenvalue weighted by atomic mass is 10.0. The summed E-state index contributed by atoms with van der Waals surface area (Å²) in [6.45, 7) is 3.21. The van der Waals surface area contributed by atoms with Crippen LogP contribution in [-0.4, -0.2) is 28.7 Å². The molecule has 0 saturated carbocycles. The lowest BCUT2D eigenvalue weighted by Crippen LogP contribution is -2.26. The summed E-state index contributed by atoms with van der Waals surface area (Å²) >= 11 is 0. The van der Waals surface area contributed by atoms with E-state index in [1.54, 1.807) is 0 Å². The zero-order valence-electron chi connectivity index (χ0n) is 10.6. The summed E-state index contributed by atoms with van der Waals surface area (Å²) in [5.74, 6) is 0.197. The number of nitrogens with zero attached hydrogens (tertiary/aromatic N) is 1. The number of aliphatic hydroxyl groups is 1. The quantitative estimate of drug-likeness (QED) is 0.819. The van der Waals surface area contributed by atoms with E-state index in [1.807, 2.05) is 18.2 Å². The largest absolute Gasteiger partial charge is 0.390 e. The fourth-order valence-corrected chi connectivity index (χ4v) is 2.77. The van der Waals surface area contributed by atoms with Crippen molar-refractivity contribution >= 4 is 0 Å². The van der Waals surface area contributed by atoms with E-state index < -0.39 is 0 Å². The summed E-state index contributed by atoms with van der Waals surface area (Å²) in [6.07, 6.45) is 7.91. The van der Waals surface area contributed by atoms with Crippen LogP contribution in [0.3, 0.4) is 0 Å². The Morgan fingerprint density at radius 1 is 1.17 bits per heavy atom. The van der Waals surface area contributed by atoms with Gasteiger partial charge < -0.3 is 5.11 Å². The molecule has 4 atom stereocenters. The molecule has 1 heterocycles. The van der Waals surface area contributed by atoms with E-state index in [9.17, 15) is 5.11 Å². The highest BCUT2D eigenvalue weighted by molar-refractivity contribution is 5.24. The van der Waals surface area contributed by atoms with Gasteiger partial charge in [0.1, 0.15) is 0 Å². The molecule has 1 aromatic carbocycles. The van der Waals surface area contributed by atoms with Gasteiger partial charge in [-0.15, -0.1) is 0 Å². The van der Waals surface area contributed by atoms with Crippen molar-refractivity contribution in [2.24, 2.45) is 5.92 Å². The average molecular weight is 241 g/mol. The maximum atomic E-state index is 10.3. The molecule has 0 spiro atoms. The Morgan fingerprint density at radius 3 is 2.50 bits per heavy atom. The predicted octanol–water partition coefficient (Wildman–Crippen LogP) is 2.53. The minimum absolute atomic E-state index is 0.197. The normalized spacial score (nSPS) is 29.4. The van der Waals surface area contributed by atoms with E-state index in [0.29, 0.717) is 12.1 Å². The lowest BCUT2D eigenvalue weighted by molar-refractivity contribution is 0.126. The van der Waals surface area contributed by atoms with Gasteiger partial charge in [-0.1, -0.05) is 54.6 Å². The van der Waals surface area contributed by atoms with Crippen molar-refractivity contribution in [1.82, 2.24) is 4.90 Å². The molecule has 1 aliphatic carbocycles. The average Bonchev–Trinajstić information content (AvgIpc) is 3.03. The summed E-state index contributed by atoms with van der Waals surface area (Å²) < 4.78 is 0. The van der Waals surface area contributed by atoms with E-state index in [2.05, 4.69) is 48.2 Å². The third-order valence-corrected chi connectivity index (χ3v) is 4.04. The molecule has 3 rings (SSSR count). The molecule has 94 valence electrons. The Labute approximate surface area is 108 Å². The SMILES string of the molecule is CC(c1ccccc1)N1CC1C(O)C1C=CC=C1. The molecule has 2 aliphatic rings. The third-order valence-electron chi connectivity index (χ3n) is 4.04. The number of aliphatic hydroxyl groups excluding tert-OH is 1. The first kappa shape index (κ1) is 11.7. The lowest BCUT2D eigenvalue weighted by Gasteiger charge is -2.19. The molecule has 1 aliphatic heterocycles. The monoisotopic (exact) mass is 241 g/mol. The van der Waals surface area contributed by atoms with Gasteiger partial charge in [0.25, 0.3) is 0 Å². The minimum atomic E-state index is -0.272. The number of rotatable bonds is 4.